The molecule has 0 saturated carbocycles. The van der Waals surface area contributed by atoms with E-state index < -0.39 is 0 Å². The first-order valence-electron chi connectivity index (χ1n) is 7.03. The molecule has 106 valence electrons. The van der Waals surface area contributed by atoms with E-state index in [9.17, 15) is 4.39 Å². The summed E-state index contributed by atoms with van der Waals surface area (Å²) in [6, 6.07) is 5.13. The lowest BCUT2D eigenvalue weighted by Gasteiger charge is -2.26. The number of nitrogens with two attached hydrogens (primary N) is 1. The van der Waals surface area contributed by atoms with Crippen LogP contribution in [0.4, 0.5) is 10.1 Å². The maximum absolute atomic E-state index is 14.2. The molecule has 0 radical (unpaired) electrons. The van der Waals surface area contributed by atoms with Crippen molar-refractivity contribution in [3.05, 3.63) is 29.6 Å². The second-order valence-corrected chi connectivity index (χ2v) is 5.17. The molecule has 1 aliphatic rings. The fraction of sp³-hybridized carbons (Fsp3) is 0.600. The third-order valence-corrected chi connectivity index (χ3v) is 3.67. The fourth-order valence-corrected chi connectivity index (χ4v) is 2.49. The van der Waals surface area contributed by atoms with Gasteiger partial charge in [-0.15, -0.1) is 0 Å². The molecule has 0 amide bonds. The van der Waals surface area contributed by atoms with Gasteiger partial charge in [0.05, 0.1) is 11.8 Å². The molecule has 0 aliphatic carbocycles. The van der Waals surface area contributed by atoms with Gasteiger partial charge in [0.1, 0.15) is 5.82 Å². The quantitative estimate of drug-likeness (QED) is 0.890. The fourth-order valence-electron chi connectivity index (χ4n) is 2.49. The van der Waals surface area contributed by atoms with E-state index in [1.807, 2.05) is 30.9 Å². The molecular weight excluding hydrogens is 243 g/mol. The molecule has 2 rings (SSSR count). The molecule has 1 saturated heterocycles. The van der Waals surface area contributed by atoms with E-state index >= 15 is 0 Å². The van der Waals surface area contributed by atoms with Crippen molar-refractivity contribution in [1.29, 1.82) is 0 Å². The minimum absolute atomic E-state index is 0.142. The van der Waals surface area contributed by atoms with Crippen LogP contribution >= 0.6 is 0 Å². The van der Waals surface area contributed by atoms with Gasteiger partial charge >= 0.3 is 0 Å². The van der Waals surface area contributed by atoms with Gasteiger partial charge < -0.3 is 15.4 Å². The molecule has 1 unspecified atom stereocenters. The number of benzene rings is 1. The normalized spacial score (nSPS) is 20.5. The van der Waals surface area contributed by atoms with Crippen LogP contribution in [-0.4, -0.2) is 25.8 Å². The molecule has 1 aliphatic heterocycles. The first kappa shape index (κ1) is 14.3. The second kappa shape index (κ2) is 6.35. The van der Waals surface area contributed by atoms with E-state index in [0.29, 0.717) is 5.69 Å². The van der Waals surface area contributed by atoms with Crippen LogP contribution in [0.5, 0.6) is 0 Å². The average Bonchev–Trinajstić information content (AvgIpc) is 2.89. The first-order chi connectivity index (χ1) is 9.11. The predicted octanol–water partition coefficient (Wildman–Crippen LogP) is 2.85. The SMILES string of the molecule is CCN(CC1CCCO1)c1ccc([C@@H](C)N)cc1F. The highest BCUT2D eigenvalue weighted by Gasteiger charge is 2.20. The third-order valence-electron chi connectivity index (χ3n) is 3.67. The van der Waals surface area contributed by atoms with Crippen LogP contribution < -0.4 is 10.6 Å². The summed E-state index contributed by atoms with van der Waals surface area (Å²) >= 11 is 0. The Kier molecular flexibility index (Phi) is 4.77. The van der Waals surface area contributed by atoms with Gasteiger partial charge in [0.25, 0.3) is 0 Å². The first-order valence-corrected chi connectivity index (χ1v) is 7.03. The van der Waals surface area contributed by atoms with Crippen LogP contribution in [0.1, 0.15) is 38.3 Å². The van der Waals surface area contributed by atoms with Crippen molar-refractivity contribution < 1.29 is 9.13 Å². The van der Waals surface area contributed by atoms with E-state index in [1.54, 1.807) is 0 Å². The zero-order valence-electron chi connectivity index (χ0n) is 11.7. The largest absolute Gasteiger partial charge is 0.376 e. The van der Waals surface area contributed by atoms with E-state index in [4.69, 9.17) is 10.5 Å². The van der Waals surface area contributed by atoms with Gasteiger partial charge in [0, 0.05) is 25.7 Å². The number of anilines is 1. The zero-order chi connectivity index (χ0) is 13.8. The number of nitrogens with zero attached hydrogens (tertiary/aromatic N) is 1. The van der Waals surface area contributed by atoms with Crippen molar-refractivity contribution in [3.63, 3.8) is 0 Å². The van der Waals surface area contributed by atoms with Crippen molar-refractivity contribution in [2.45, 2.75) is 38.8 Å². The van der Waals surface area contributed by atoms with Crippen LogP contribution in [0, 0.1) is 5.82 Å². The zero-order valence-corrected chi connectivity index (χ0v) is 11.7. The summed E-state index contributed by atoms with van der Waals surface area (Å²) in [5.74, 6) is -0.199. The van der Waals surface area contributed by atoms with Crippen LogP contribution in [0.2, 0.25) is 0 Å². The summed E-state index contributed by atoms with van der Waals surface area (Å²) < 4.78 is 19.8. The monoisotopic (exact) mass is 266 g/mol. The van der Waals surface area contributed by atoms with Crippen LogP contribution in [0.15, 0.2) is 18.2 Å². The van der Waals surface area contributed by atoms with Gasteiger partial charge in [-0.2, -0.15) is 0 Å². The second-order valence-electron chi connectivity index (χ2n) is 5.17. The summed E-state index contributed by atoms with van der Waals surface area (Å²) in [5, 5.41) is 0. The molecule has 2 atom stereocenters. The Morgan fingerprint density at radius 3 is 2.84 bits per heavy atom. The molecule has 0 spiro atoms. The Balaban J connectivity index is 2.13. The predicted molar refractivity (Wildman–Crippen MR) is 75.9 cm³/mol. The highest BCUT2D eigenvalue weighted by molar-refractivity contribution is 5.49. The number of halogens is 1. The lowest BCUT2D eigenvalue weighted by Crippen LogP contribution is -2.32. The van der Waals surface area contributed by atoms with E-state index in [0.717, 1.165) is 38.1 Å². The lowest BCUT2D eigenvalue weighted by atomic mass is 10.1. The third kappa shape index (κ3) is 3.45. The summed E-state index contributed by atoms with van der Waals surface area (Å²) in [6.07, 6.45) is 2.40. The lowest BCUT2D eigenvalue weighted by molar-refractivity contribution is 0.115. The van der Waals surface area contributed by atoms with Crippen LogP contribution in [0.25, 0.3) is 0 Å². The van der Waals surface area contributed by atoms with Gasteiger partial charge in [-0.3, -0.25) is 0 Å². The summed E-state index contributed by atoms with van der Waals surface area (Å²) in [7, 11) is 0. The standard InChI is InChI=1S/C15H23FN2O/c1-3-18(10-13-5-4-8-19-13)15-7-6-12(11(2)17)9-14(15)16/h6-7,9,11,13H,3-5,8,10,17H2,1-2H3/t11-,13?/m1/s1. The molecule has 1 heterocycles. The maximum atomic E-state index is 14.2. The van der Waals surface area contributed by atoms with Crippen molar-refractivity contribution in [1.82, 2.24) is 0 Å². The van der Waals surface area contributed by atoms with Crippen molar-refractivity contribution in [2.75, 3.05) is 24.6 Å². The Bertz CT molecular complexity index is 417. The van der Waals surface area contributed by atoms with Gasteiger partial charge in [-0.25, -0.2) is 4.39 Å². The molecule has 2 N–H and O–H groups in total. The van der Waals surface area contributed by atoms with Crippen molar-refractivity contribution >= 4 is 5.69 Å². The van der Waals surface area contributed by atoms with Gasteiger partial charge in [-0.05, 0) is 44.4 Å². The van der Waals surface area contributed by atoms with Crippen molar-refractivity contribution in [2.24, 2.45) is 5.73 Å². The molecular formula is C15H23FN2O. The van der Waals surface area contributed by atoms with Gasteiger partial charge in [0.2, 0.25) is 0 Å². The molecule has 19 heavy (non-hydrogen) atoms. The maximum Gasteiger partial charge on any atom is 0.146 e. The minimum atomic E-state index is -0.199. The number of hydrogen-bond acceptors (Lipinski definition) is 3. The number of likely N-dealkylation sites (N-methyl/N-ethyl adjacent to an activating group) is 1. The number of rotatable bonds is 5. The van der Waals surface area contributed by atoms with Gasteiger partial charge in [0.15, 0.2) is 0 Å². The van der Waals surface area contributed by atoms with E-state index in [-0.39, 0.29) is 18.0 Å². The smallest absolute Gasteiger partial charge is 0.146 e. The summed E-state index contributed by atoms with van der Waals surface area (Å²) in [5.41, 5.74) is 7.24. The Hall–Kier alpha value is -1.13. The summed E-state index contributed by atoms with van der Waals surface area (Å²) in [4.78, 5) is 2.04. The average molecular weight is 266 g/mol. The summed E-state index contributed by atoms with van der Waals surface area (Å²) in [6.45, 7) is 6.25. The minimum Gasteiger partial charge on any atom is -0.376 e. The van der Waals surface area contributed by atoms with Crippen LogP contribution in [-0.2, 0) is 4.74 Å². The number of hydrogen-bond donors (Lipinski definition) is 1. The number of ether oxygens (including phenoxy) is 1. The molecule has 0 aromatic heterocycles. The van der Waals surface area contributed by atoms with E-state index in [2.05, 4.69) is 0 Å². The Morgan fingerprint density at radius 1 is 1.53 bits per heavy atom. The van der Waals surface area contributed by atoms with Gasteiger partial charge in [-0.1, -0.05) is 6.07 Å². The highest BCUT2D eigenvalue weighted by atomic mass is 19.1. The molecule has 4 heteroatoms. The highest BCUT2D eigenvalue weighted by Crippen LogP contribution is 2.24. The topological polar surface area (TPSA) is 38.5 Å². The molecule has 1 fully saturated rings. The van der Waals surface area contributed by atoms with E-state index in [1.165, 1.54) is 6.07 Å². The van der Waals surface area contributed by atoms with Crippen LogP contribution in [0.3, 0.4) is 0 Å². The Labute approximate surface area is 114 Å². The molecule has 0 bridgehead atoms. The molecule has 1 aromatic carbocycles. The molecule has 1 aromatic rings. The van der Waals surface area contributed by atoms with Crippen molar-refractivity contribution in [3.8, 4) is 0 Å². The molecule has 3 nitrogen and oxygen atoms in total. The Morgan fingerprint density at radius 2 is 2.32 bits per heavy atom.